The van der Waals surface area contributed by atoms with Gasteiger partial charge in [-0.3, -0.25) is 10.1 Å². The zero-order valence-corrected chi connectivity index (χ0v) is 19.3. The molecule has 2 aliphatic rings. The SMILES string of the molecule is O=[N+]([O-])c1ccc(C2OC3(CCNCC3)C[C@@H]2c2cccc(-c3ccc(OC(F)(F)F)cc3)c2)cc1. The van der Waals surface area contributed by atoms with E-state index in [0.717, 1.165) is 54.6 Å². The van der Waals surface area contributed by atoms with Gasteiger partial charge in [0, 0.05) is 18.1 Å². The molecule has 3 aromatic carbocycles. The van der Waals surface area contributed by atoms with Gasteiger partial charge >= 0.3 is 6.36 Å². The third-order valence-electron chi connectivity index (χ3n) is 7.02. The number of hydrogen-bond acceptors (Lipinski definition) is 5. The summed E-state index contributed by atoms with van der Waals surface area (Å²) in [6.07, 6.45) is -2.41. The molecule has 1 N–H and O–H groups in total. The molecule has 2 saturated heterocycles. The summed E-state index contributed by atoms with van der Waals surface area (Å²) in [5.41, 5.74) is 3.36. The van der Waals surface area contributed by atoms with Crippen molar-refractivity contribution in [3.05, 3.63) is 94.0 Å². The van der Waals surface area contributed by atoms with Crippen molar-refractivity contribution in [1.82, 2.24) is 5.32 Å². The van der Waals surface area contributed by atoms with Gasteiger partial charge in [-0.15, -0.1) is 13.2 Å². The van der Waals surface area contributed by atoms with Crippen LogP contribution in [0.3, 0.4) is 0 Å². The second-order valence-corrected chi connectivity index (χ2v) is 9.33. The highest BCUT2D eigenvalue weighted by Crippen LogP contribution is 2.52. The number of nitrogens with one attached hydrogen (secondary N) is 1. The zero-order valence-electron chi connectivity index (χ0n) is 19.3. The summed E-state index contributed by atoms with van der Waals surface area (Å²) in [5.74, 6) is -0.241. The van der Waals surface area contributed by atoms with Crippen LogP contribution in [0.4, 0.5) is 18.9 Å². The minimum Gasteiger partial charge on any atom is -0.406 e. The van der Waals surface area contributed by atoms with Gasteiger partial charge < -0.3 is 14.8 Å². The first-order valence-corrected chi connectivity index (χ1v) is 11.8. The minimum absolute atomic E-state index is 0.0253. The van der Waals surface area contributed by atoms with Crippen molar-refractivity contribution < 1.29 is 27.6 Å². The second-order valence-electron chi connectivity index (χ2n) is 9.33. The molecule has 2 atom stereocenters. The Morgan fingerprint density at radius 2 is 1.64 bits per heavy atom. The fraction of sp³-hybridized carbons (Fsp3) is 0.333. The quantitative estimate of drug-likeness (QED) is 0.320. The average molecular weight is 499 g/mol. The van der Waals surface area contributed by atoms with Crippen LogP contribution in [0.1, 0.15) is 42.4 Å². The lowest BCUT2D eigenvalue weighted by Crippen LogP contribution is -2.41. The van der Waals surface area contributed by atoms with E-state index in [-0.39, 0.29) is 29.1 Å². The molecule has 0 amide bonds. The Balaban J connectivity index is 1.45. The molecule has 5 rings (SSSR count). The van der Waals surface area contributed by atoms with Crippen LogP contribution in [0.2, 0.25) is 0 Å². The van der Waals surface area contributed by atoms with Crippen LogP contribution in [0.15, 0.2) is 72.8 Å². The summed E-state index contributed by atoms with van der Waals surface area (Å²) in [5, 5.41) is 14.5. The number of halogens is 3. The average Bonchev–Trinajstić information content (AvgIpc) is 3.23. The molecule has 3 aromatic rings. The molecule has 0 radical (unpaired) electrons. The summed E-state index contributed by atoms with van der Waals surface area (Å²) < 4.78 is 48.2. The molecule has 0 aromatic heterocycles. The van der Waals surface area contributed by atoms with Gasteiger partial charge in [0.2, 0.25) is 0 Å². The van der Waals surface area contributed by atoms with Crippen molar-refractivity contribution in [3.8, 4) is 16.9 Å². The predicted molar refractivity (Wildman–Crippen MR) is 128 cm³/mol. The highest BCUT2D eigenvalue weighted by Gasteiger charge is 2.47. The molecule has 188 valence electrons. The molecular weight excluding hydrogens is 473 g/mol. The lowest BCUT2D eigenvalue weighted by molar-refractivity contribution is -0.384. The van der Waals surface area contributed by atoms with Crippen molar-refractivity contribution in [2.75, 3.05) is 13.1 Å². The molecule has 2 aliphatic heterocycles. The molecule has 0 bridgehead atoms. The maximum atomic E-state index is 12.5. The Morgan fingerprint density at radius 3 is 2.28 bits per heavy atom. The molecule has 36 heavy (non-hydrogen) atoms. The van der Waals surface area contributed by atoms with Crippen LogP contribution in [-0.2, 0) is 4.74 Å². The fourth-order valence-corrected chi connectivity index (χ4v) is 5.29. The summed E-state index contributed by atoms with van der Waals surface area (Å²) in [6.45, 7) is 1.73. The van der Waals surface area contributed by atoms with Crippen molar-refractivity contribution in [2.24, 2.45) is 0 Å². The van der Waals surface area contributed by atoms with E-state index >= 15 is 0 Å². The number of rotatable bonds is 5. The number of nitro benzene ring substituents is 1. The highest BCUT2D eigenvalue weighted by atomic mass is 19.4. The van der Waals surface area contributed by atoms with Gasteiger partial charge in [0.15, 0.2) is 0 Å². The molecule has 2 fully saturated rings. The van der Waals surface area contributed by atoms with Crippen LogP contribution < -0.4 is 10.1 Å². The number of benzene rings is 3. The Hall–Kier alpha value is -3.43. The lowest BCUT2D eigenvalue weighted by Gasteiger charge is -2.33. The summed E-state index contributed by atoms with van der Waals surface area (Å²) in [4.78, 5) is 10.7. The van der Waals surface area contributed by atoms with Gasteiger partial charge in [-0.05, 0) is 78.9 Å². The number of hydrogen-bond donors (Lipinski definition) is 1. The van der Waals surface area contributed by atoms with Crippen LogP contribution in [0, 0.1) is 10.1 Å². The van der Waals surface area contributed by atoms with Gasteiger partial charge in [-0.25, -0.2) is 0 Å². The lowest BCUT2D eigenvalue weighted by atomic mass is 9.80. The summed E-state index contributed by atoms with van der Waals surface area (Å²) in [7, 11) is 0. The van der Waals surface area contributed by atoms with E-state index in [2.05, 4.69) is 10.1 Å². The van der Waals surface area contributed by atoms with E-state index in [1.807, 2.05) is 24.3 Å². The predicted octanol–water partition coefficient (Wildman–Crippen LogP) is 6.53. The molecule has 1 spiro atoms. The van der Waals surface area contributed by atoms with Gasteiger partial charge in [0.05, 0.1) is 16.6 Å². The minimum atomic E-state index is -4.73. The van der Waals surface area contributed by atoms with Crippen LogP contribution in [0.25, 0.3) is 11.1 Å². The first-order valence-electron chi connectivity index (χ1n) is 11.8. The van der Waals surface area contributed by atoms with Crippen LogP contribution in [0.5, 0.6) is 5.75 Å². The smallest absolute Gasteiger partial charge is 0.406 e. The Kier molecular flexibility index (Phi) is 6.44. The normalized spacial score (nSPS) is 21.4. The van der Waals surface area contributed by atoms with Crippen molar-refractivity contribution in [1.29, 1.82) is 0 Å². The Morgan fingerprint density at radius 1 is 0.944 bits per heavy atom. The molecule has 0 aliphatic carbocycles. The summed E-state index contributed by atoms with van der Waals surface area (Å²) >= 11 is 0. The van der Waals surface area contributed by atoms with Crippen LogP contribution >= 0.6 is 0 Å². The van der Waals surface area contributed by atoms with Gasteiger partial charge in [0.1, 0.15) is 5.75 Å². The first kappa shape index (κ1) is 24.3. The maximum absolute atomic E-state index is 12.5. The number of alkyl halides is 3. The molecule has 2 heterocycles. The molecule has 9 heteroatoms. The van der Waals surface area contributed by atoms with E-state index in [9.17, 15) is 23.3 Å². The first-order chi connectivity index (χ1) is 17.2. The molecule has 6 nitrogen and oxygen atoms in total. The van der Waals surface area contributed by atoms with Crippen molar-refractivity contribution in [2.45, 2.75) is 43.2 Å². The molecular formula is C27H25F3N2O4. The zero-order chi connectivity index (χ0) is 25.3. The van der Waals surface area contributed by atoms with E-state index in [0.29, 0.717) is 0 Å². The van der Waals surface area contributed by atoms with Gasteiger partial charge in [-0.2, -0.15) is 0 Å². The largest absolute Gasteiger partial charge is 0.573 e. The summed E-state index contributed by atoms with van der Waals surface area (Å²) in [6, 6.07) is 20.3. The molecule has 1 unspecified atom stereocenters. The Labute approximate surface area is 206 Å². The standard InChI is InChI=1S/C27H25F3N2O4/c28-27(29,30)35-23-10-6-18(7-11-23)20-2-1-3-21(16-20)24-17-26(12-14-31-15-13-26)36-25(24)19-4-8-22(9-5-19)32(33)34/h1-11,16,24-25,31H,12-15,17H2/t24-,25?/m1/s1. The highest BCUT2D eigenvalue weighted by molar-refractivity contribution is 5.65. The number of nitrogens with zero attached hydrogens (tertiary/aromatic N) is 1. The topological polar surface area (TPSA) is 73.6 Å². The van der Waals surface area contributed by atoms with E-state index in [1.54, 1.807) is 24.3 Å². The molecule has 0 saturated carbocycles. The third kappa shape index (κ3) is 5.22. The van der Waals surface area contributed by atoms with Crippen LogP contribution in [-0.4, -0.2) is 30.0 Å². The van der Waals surface area contributed by atoms with Gasteiger partial charge in [0.25, 0.3) is 5.69 Å². The maximum Gasteiger partial charge on any atom is 0.573 e. The van der Waals surface area contributed by atoms with E-state index < -0.39 is 11.3 Å². The van der Waals surface area contributed by atoms with Crippen molar-refractivity contribution in [3.63, 3.8) is 0 Å². The van der Waals surface area contributed by atoms with E-state index in [1.165, 1.54) is 24.3 Å². The fourth-order valence-electron chi connectivity index (χ4n) is 5.29. The number of nitro groups is 1. The Bertz CT molecular complexity index is 1220. The number of piperidine rings is 1. The van der Waals surface area contributed by atoms with Gasteiger partial charge in [-0.1, -0.05) is 36.4 Å². The third-order valence-corrected chi connectivity index (χ3v) is 7.02. The van der Waals surface area contributed by atoms with Crippen molar-refractivity contribution >= 4 is 5.69 Å². The number of ether oxygens (including phenoxy) is 2. The van der Waals surface area contributed by atoms with E-state index in [4.69, 9.17) is 4.74 Å². The second kappa shape index (κ2) is 9.55. The number of non-ortho nitro benzene ring substituents is 1. The monoisotopic (exact) mass is 498 g/mol.